The van der Waals surface area contributed by atoms with Crippen LogP contribution in [0.15, 0.2) is 4.52 Å². The molecule has 1 fully saturated rings. The summed E-state index contributed by atoms with van der Waals surface area (Å²) in [5.74, 6) is 1.38. The van der Waals surface area contributed by atoms with E-state index >= 15 is 0 Å². The Balaban J connectivity index is 1.89. The van der Waals surface area contributed by atoms with Gasteiger partial charge in [-0.3, -0.25) is 4.90 Å². The molecule has 1 aromatic heterocycles. The van der Waals surface area contributed by atoms with E-state index in [1.165, 1.54) is 0 Å². The standard InChI is InChI=1S/C15H28N4O2/c1-4-19-9-10-20-12(11-19)14-17-13(21-18-14)5-6-15(2,3)7-8-16/h12H,4-11,16H2,1-3H3. The van der Waals surface area contributed by atoms with Crippen molar-refractivity contribution in [3.8, 4) is 0 Å². The Labute approximate surface area is 127 Å². The zero-order valence-electron chi connectivity index (χ0n) is 13.5. The zero-order chi connectivity index (χ0) is 15.3. The fourth-order valence-corrected chi connectivity index (χ4v) is 2.61. The maximum atomic E-state index is 5.75. The van der Waals surface area contributed by atoms with Crippen LogP contribution in [-0.2, 0) is 11.2 Å². The first kappa shape index (κ1) is 16.4. The van der Waals surface area contributed by atoms with Gasteiger partial charge in [0.25, 0.3) is 0 Å². The summed E-state index contributed by atoms with van der Waals surface area (Å²) in [6.45, 7) is 10.9. The quantitative estimate of drug-likeness (QED) is 0.826. The molecule has 0 saturated carbocycles. The highest BCUT2D eigenvalue weighted by molar-refractivity contribution is 4.94. The Morgan fingerprint density at radius 3 is 2.90 bits per heavy atom. The smallest absolute Gasteiger partial charge is 0.226 e. The van der Waals surface area contributed by atoms with Crippen LogP contribution in [0.4, 0.5) is 0 Å². The van der Waals surface area contributed by atoms with Crippen LogP contribution in [0.5, 0.6) is 0 Å². The Morgan fingerprint density at radius 2 is 2.19 bits per heavy atom. The maximum Gasteiger partial charge on any atom is 0.226 e. The van der Waals surface area contributed by atoms with Crippen LogP contribution in [0.25, 0.3) is 0 Å². The third-order valence-electron chi connectivity index (χ3n) is 4.21. The van der Waals surface area contributed by atoms with Crippen LogP contribution in [-0.4, -0.2) is 47.8 Å². The van der Waals surface area contributed by atoms with Crippen molar-refractivity contribution < 1.29 is 9.26 Å². The van der Waals surface area contributed by atoms with Gasteiger partial charge < -0.3 is 15.0 Å². The first-order valence-corrected chi connectivity index (χ1v) is 7.90. The topological polar surface area (TPSA) is 77.4 Å². The normalized spacial score (nSPS) is 20.9. The molecule has 2 heterocycles. The average Bonchev–Trinajstić information content (AvgIpc) is 2.94. The number of aryl methyl sites for hydroxylation is 1. The largest absolute Gasteiger partial charge is 0.367 e. The van der Waals surface area contributed by atoms with Crippen LogP contribution >= 0.6 is 0 Å². The number of nitrogens with two attached hydrogens (primary N) is 1. The monoisotopic (exact) mass is 296 g/mol. The van der Waals surface area contributed by atoms with Gasteiger partial charge in [-0.05, 0) is 31.3 Å². The highest BCUT2D eigenvalue weighted by Gasteiger charge is 2.26. The molecule has 0 bridgehead atoms. The molecule has 0 spiro atoms. The lowest BCUT2D eigenvalue weighted by molar-refractivity contribution is -0.0334. The number of rotatable bonds is 7. The van der Waals surface area contributed by atoms with E-state index in [0.29, 0.717) is 18.3 Å². The van der Waals surface area contributed by atoms with E-state index in [0.717, 1.165) is 45.5 Å². The molecule has 6 heteroatoms. The summed E-state index contributed by atoms with van der Waals surface area (Å²) in [4.78, 5) is 6.85. The minimum Gasteiger partial charge on any atom is -0.367 e. The fraction of sp³-hybridized carbons (Fsp3) is 0.867. The summed E-state index contributed by atoms with van der Waals surface area (Å²) < 4.78 is 11.1. The average molecular weight is 296 g/mol. The summed E-state index contributed by atoms with van der Waals surface area (Å²) >= 11 is 0. The van der Waals surface area contributed by atoms with Gasteiger partial charge in [0.05, 0.1) is 6.61 Å². The number of nitrogens with zero attached hydrogens (tertiary/aromatic N) is 3. The van der Waals surface area contributed by atoms with Crippen molar-refractivity contribution in [1.82, 2.24) is 15.0 Å². The van der Waals surface area contributed by atoms with Crippen molar-refractivity contribution in [2.75, 3.05) is 32.8 Å². The van der Waals surface area contributed by atoms with Crippen LogP contribution < -0.4 is 5.73 Å². The first-order valence-electron chi connectivity index (χ1n) is 7.90. The molecular formula is C15H28N4O2. The number of morpholine rings is 1. The highest BCUT2D eigenvalue weighted by atomic mass is 16.5. The predicted octanol–water partition coefficient (Wildman–Crippen LogP) is 1.77. The molecule has 1 aliphatic heterocycles. The lowest BCUT2D eigenvalue weighted by atomic mass is 9.84. The van der Waals surface area contributed by atoms with Crippen LogP contribution in [0.3, 0.4) is 0 Å². The Morgan fingerprint density at radius 1 is 1.38 bits per heavy atom. The molecule has 120 valence electrons. The van der Waals surface area contributed by atoms with Crippen molar-refractivity contribution in [3.05, 3.63) is 11.7 Å². The second-order valence-corrected chi connectivity index (χ2v) is 6.50. The van der Waals surface area contributed by atoms with Crippen molar-refractivity contribution in [1.29, 1.82) is 0 Å². The molecule has 6 nitrogen and oxygen atoms in total. The molecular weight excluding hydrogens is 268 g/mol. The molecule has 21 heavy (non-hydrogen) atoms. The number of aromatic nitrogens is 2. The Kier molecular flexibility index (Phi) is 5.72. The van der Waals surface area contributed by atoms with E-state index in [1.54, 1.807) is 0 Å². The van der Waals surface area contributed by atoms with Gasteiger partial charge in [0.2, 0.25) is 11.7 Å². The molecule has 0 aliphatic carbocycles. The summed E-state index contributed by atoms with van der Waals surface area (Å²) in [6, 6.07) is 0. The second-order valence-electron chi connectivity index (χ2n) is 6.50. The van der Waals surface area contributed by atoms with Crippen LogP contribution in [0.1, 0.15) is 51.4 Å². The van der Waals surface area contributed by atoms with E-state index < -0.39 is 0 Å². The number of hydrogen-bond donors (Lipinski definition) is 1. The maximum absolute atomic E-state index is 5.75. The van der Waals surface area contributed by atoms with Crippen LogP contribution in [0.2, 0.25) is 0 Å². The SMILES string of the molecule is CCN1CCOC(c2noc(CCC(C)(C)CCN)n2)C1. The third kappa shape index (κ3) is 4.76. The van der Waals surface area contributed by atoms with E-state index in [1.807, 2.05) is 0 Å². The van der Waals surface area contributed by atoms with Gasteiger partial charge in [-0.1, -0.05) is 25.9 Å². The van der Waals surface area contributed by atoms with Crippen molar-refractivity contribution >= 4 is 0 Å². The van der Waals surface area contributed by atoms with Gasteiger partial charge >= 0.3 is 0 Å². The van der Waals surface area contributed by atoms with Gasteiger partial charge in [-0.2, -0.15) is 4.98 Å². The molecule has 2 rings (SSSR count). The molecule has 1 aromatic rings. The van der Waals surface area contributed by atoms with Crippen LogP contribution in [0, 0.1) is 5.41 Å². The summed E-state index contributed by atoms with van der Waals surface area (Å²) in [7, 11) is 0. The second kappa shape index (κ2) is 7.33. The zero-order valence-corrected chi connectivity index (χ0v) is 13.5. The molecule has 0 amide bonds. The van der Waals surface area contributed by atoms with Gasteiger partial charge in [0, 0.05) is 19.5 Å². The van der Waals surface area contributed by atoms with Gasteiger partial charge in [0.15, 0.2) is 0 Å². The van der Waals surface area contributed by atoms with Crippen molar-refractivity contribution in [2.24, 2.45) is 11.1 Å². The number of likely N-dealkylation sites (N-methyl/N-ethyl adjacent to an activating group) is 1. The van der Waals surface area contributed by atoms with Crippen molar-refractivity contribution in [2.45, 2.75) is 46.1 Å². The minimum atomic E-state index is -0.0618. The van der Waals surface area contributed by atoms with Gasteiger partial charge in [0.1, 0.15) is 6.10 Å². The summed E-state index contributed by atoms with van der Waals surface area (Å²) in [5.41, 5.74) is 5.85. The predicted molar refractivity (Wildman–Crippen MR) is 80.9 cm³/mol. The lowest BCUT2D eigenvalue weighted by Gasteiger charge is -2.30. The Hall–Kier alpha value is -0.980. The Bertz CT molecular complexity index is 433. The van der Waals surface area contributed by atoms with E-state index in [-0.39, 0.29) is 11.5 Å². The molecule has 1 saturated heterocycles. The molecule has 1 unspecified atom stereocenters. The lowest BCUT2D eigenvalue weighted by Crippen LogP contribution is -2.38. The molecule has 1 aliphatic rings. The number of ether oxygens (including phenoxy) is 1. The first-order chi connectivity index (χ1) is 10.0. The van der Waals surface area contributed by atoms with E-state index in [2.05, 4.69) is 35.8 Å². The highest BCUT2D eigenvalue weighted by Crippen LogP contribution is 2.26. The molecule has 0 radical (unpaired) electrons. The minimum absolute atomic E-state index is 0.0618. The van der Waals surface area contributed by atoms with Crippen molar-refractivity contribution in [3.63, 3.8) is 0 Å². The van der Waals surface area contributed by atoms with E-state index in [9.17, 15) is 0 Å². The summed E-state index contributed by atoms with van der Waals surface area (Å²) in [5, 5.41) is 4.09. The third-order valence-corrected chi connectivity index (χ3v) is 4.21. The molecule has 1 atom stereocenters. The summed E-state index contributed by atoms with van der Waals surface area (Å²) in [6.07, 6.45) is 2.74. The number of hydrogen-bond acceptors (Lipinski definition) is 6. The fourth-order valence-electron chi connectivity index (χ4n) is 2.61. The van der Waals surface area contributed by atoms with E-state index in [4.69, 9.17) is 15.0 Å². The molecule has 0 aromatic carbocycles. The van der Waals surface area contributed by atoms with Gasteiger partial charge in [-0.25, -0.2) is 0 Å². The van der Waals surface area contributed by atoms with Gasteiger partial charge in [-0.15, -0.1) is 0 Å². The molecule has 2 N–H and O–H groups in total.